The highest BCUT2D eigenvalue weighted by atomic mass is 16.5. The van der Waals surface area contributed by atoms with Crippen LogP contribution in [-0.2, 0) is 4.74 Å². The van der Waals surface area contributed by atoms with Crippen molar-refractivity contribution >= 4 is 5.96 Å². The smallest absolute Gasteiger partial charge is 0.191 e. The standard InChI is InChI=1S/C15H30N4O/c1-13(2)11-14(18-5-3-4-6-18)12-17-15(16)19-7-9-20-10-8-19/h13-14H,3-12H2,1-2H3,(H2,16,17). The maximum Gasteiger partial charge on any atom is 0.191 e. The fourth-order valence-electron chi connectivity index (χ4n) is 3.08. The molecule has 20 heavy (non-hydrogen) atoms. The average Bonchev–Trinajstić information content (AvgIpc) is 2.97. The van der Waals surface area contributed by atoms with Gasteiger partial charge in [0.05, 0.1) is 19.8 Å². The summed E-state index contributed by atoms with van der Waals surface area (Å²) in [6.45, 7) is 11.1. The van der Waals surface area contributed by atoms with Gasteiger partial charge in [-0.1, -0.05) is 13.8 Å². The summed E-state index contributed by atoms with van der Waals surface area (Å²) in [4.78, 5) is 9.40. The van der Waals surface area contributed by atoms with Gasteiger partial charge in [-0.2, -0.15) is 0 Å². The lowest BCUT2D eigenvalue weighted by molar-refractivity contribution is 0.0673. The lowest BCUT2D eigenvalue weighted by Gasteiger charge is -2.30. The Morgan fingerprint density at radius 2 is 1.80 bits per heavy atom. The topological polar surface area (TPSA) is 54.1 Å². The second kappa shape index (κ2) is 7.84. The van der Waals surface area contributed by atoms with Crippen LogP contribution in [0.1, 0.15) is 33.1 Å². The molecule has 0 aliphatic carbocycles. The number of aliphatic imine (C=N–C) groups is 1. The highest BCUT2D eigenvalue weighted by Gasteiger charge is 2.23. The van der Waals surface area contributed by atoms with Crippen molar-refractivity contribution in [2.45, 2.75) is 39.2 Å². The minimum Gasteiger partial charge on any atom is -0.378 e. The molecule has 2 saturated heterocycles. The Balaban J connectivity index is 1.88. The van der Waals surface area contributed by atoms with Crippen molar-refractivity contribution in [1.29, 1.82) is 0 Å². The molecule has 0 radical (unpaired) electrons. The van der Waals surface area contributed by atoms with Crippen molar-refractivity contribution in [2.75, 3.05) is 45.9 Å². The molecule has 0 bridgehead atoms. The maximum atomic E-state index is 6.13. The second-order valence-electron chi connectivity index (χ2n) is 6.32. The van der Waals surface area contributed by atoms with Crippen LogP contribution in [0.4, 0.5) is 0 Å². The van der Waals surface area contributed by atoms with Crippen LogP contribution in [0.2, 0.25) is 0 Å². The van der Waals surface area contributed by atoms with Crippen LogP contribution in [0.5, 0.6) is 0 Å². The highest BCUT2D eigenvalue weighted by Crippen LogP contribution is 2.18. The van der Waals surface area contributed by atoms with Crippen molar-refractivity contribution in [3.63, 3.8) is 0 Å². The minimum atomic E-state index is 0.553. The first-order chi connectivity index (χ1) is 9.66. The van der Waals surface area contributed by atoms with E-state index in [-0.39, 0.29) is 0 Å². The Bertz CT molecular complexity index is 307. The van der Waals surface area contributed by atoms with Gasteiger partial charge in [-0.15, -0.1) is 0 Å². The molecule has 5 heteroatoms. The lowest BCUT2D eigenvalue weighted by atomic mass is 10.0. The summed E-state index contributed by atoms with van der Waals surface area (Å²) >= 11 is 0. The second-order valence-corrected chi connectivity index (χ2v) is 6.32. The molecule has 2 fully saturated rings. The van der Waals surface area contributed by atoms with Gasteiger partial charge in [0.1, 0.15) is 0 Å². The molecule has 0 amide bonds. The quantitative estimate of drug-likeness (QED) is 0.607. The van der Waals surface area contributed by atoms with Gasteiger partial charge >= 0.3 is 0 Å². The molecule has 0 spiro atoms. The monoisotopic (exact) mass is 282 g/mol. The summed E-state index contributed by atoms with van der Waals surface area (Å²) in [6.07, 6.45) is 3.87. The predicted octanol–water partition coefficient (Wildman–Crippen LogP) is 1.14. The number of nitrogens with zero attached hydrogens (tertiary/aromatic N) is 3. The van der Waals surface area contributed by atoms with E-state index in [0.717, 1.165) is 32.8 Å². The van der Waals surface area contributed by atoms with Crippen molar-refractivity contribution in [1.82, 2.24) is 9.80 Å². The van der Waals surface area contributed by atoms with Crippen molar-refractivity contribution in [2.24, 2.45) is 16.6 Å². The van der Waals surface area contributed by atoms with Gasteiger partial charge in [0, 0.05) is 19.1 Å². The van der Waals surface area contributed by atoms with E-state index in [4.69, 9.17) is 10.5 Å². The van der Waals surface area contributed by atoms with Gasteiger partial charge in [0.15, 0.2) is 5.96 Å². The Morgan fingerprint density at radius 3 is 2.40 bits per heavy atom. The van der Waals surface area contributed by atoms with Crippen molar-refractivity contribution in [3.05, 3.63) is 0 Å². The predicted molar refractivity (Wildman–Crippen MR) is 82.9 cm³/mol. The SMILES string of the molecule is CC(C)CC(CN=C(N)N1CCOCC1)N1CCCC1. The minimum absolute atomic E-state index is 0.553. The molecule has 2 aliphatic rings. The van der Waals surface area contributed by atoms with E-state index in [2.05, 4.69) is 28.6 Å². The normalized spacial score (nSPS) is 23.6. The van der Waals surface area contributed by atoms with E-state index < -0.39 is 0 Å². The molecule has 2 rings (SSSR count). The number of morpholine rings is 1. The van der Waals surface area contributed by atoms with Gasteiger partial charge in [-0.3, -0.25) is 9.89 Å². The molecule has 0 aromatic carbocycles. The molecular weight excluding hydrogens is 252 g/mol. The molecule has 5 nitrogen and oxygen atoms in total. The zero-order chi connectivity index (χ0) is 14.4. The maximum absolute atomic E-state index is 6.13. The Hall–Kier alpha value is -0.810. The molecule has 0 saturated carbocycles. The third kappa shape index (κ3) is 4.63. The number of hydrogen-bond acceptors (Lipinski definition) is 3. The molecule has 0 aromatic heterocycles. The van der Waals surface area contributed by atoms with Crippen LogP contribution in [0, 0.1) is 5.92 Å². The molecular formula is C15H30N4O. The molecule has 1 unspecified atom stereocenters. The molecule has 116 valence electrons. The fraction of sp³-hybridized carbons (Fsp3) is 0.933. The number of rotatable bonds is 5. The number of ether oxygens (including phenoxy) is 1. The van der Waals surface area contributed by atoms with Crippen LogP contribution in [0.25, 0.3) is 0 Å². The van der Waals surface area contributed by atoms with Gasteiger partial charge in [0.25, 0.3) is 0 Å². The van der Waals surface area contributed by atoms with Crippen LogP contribution in [0.15, 0.2) is 4.99 Å². The highest BCUT2D eigenvalue weighted by molar-refractivity contribution is 5.78. The number of nitrogens with two attached hydrogens (primary N) is 1. The van der Waals surface area contributed by atoms with Crippen LogP contribution < -0.4 is 5.73 Å². The Labute approximate surface area is 123 Å². The Morgan fingerprint density at radius 1 is 1.15 bits per heavy atom. The summed E-state index contributed by atoms with van der Waals surface area (Å²) in [5, 5.41) is 0. The van der Waals surface area contributed by atoms with E-state index in [1.54, 1.807) is 0 Å². The van der Waals surface area contributed by atoms with Crippen molar-refractivity contribution in [3.8, 4) is 0 Å². The van der Waals surface area contributed by atoms with Gasteiger partial charge in [-0.25, -0.2) is 0 Å². The summed E-state index contributed by atoms with van der Waals surface area (Å²) in [5.41, 5.74) is 6.13. The van der Waals surface area contributed by atoms with Crippen molar-refractivity contribution < 1.29 is 4.74 Å². The summed E-state index contributed by atoms with van der Waals surface area (Å²) in [7, 11) is 0. The van der Waals surface area contributed by atoms with E-state index in [1.807, 2.05) is 0 Å². The fourth-order valence-corrected chi connectivity index (χ4v) is 3.08. The van der Waals surface area contributed by atoms with E-state index >= 15 is 0 Å². The van der Waals surface area contributed by atoms with E-state index in [0.29, 0.717) is 17.9 Å². The molecule has 1 atom stereocenters. The van der Waals surface area contributed by atoms with Gasteiger partial charge in [0.2, 0.25) is 0 Å². The zero-order valence-electron chi connectivity index (χ0n) is 13.1. The summed E-state index contributed by atoms with van der Waals surface area (Å²) in [6, 6.07) is 0.553. The first kappa shape index (κ1) is 15.6. The number of hydrogen-bond donors (Lipinski definition) is 1. The third-order valence-electron chi connectivity index (χ3n) is 4.20. The van der Waals surface area contributed by atoms with Crippen LogP contribution in [0.3, 0.4) is 0 Å². The molecule has 2 aliphatic heterocycles. The molecule has 2 heterocycles. The van der Waals surface area contributed by atoms with E-state index in [1.165, 1.54) is 32.4 Å². The number of likely N-dealkylation sites (tertiary alicyclic amines) is 1. The zero-order valence-corrected chi connectivity index (χ0v) is 13.1. The third-order valence-corrected chi connectivity index (χ3v) is 4.20. The summed E-state index contributed by atoms with van der Waals surface area (Å²) in [5.74, 6) is 1.40. The number of guanidine groups is 1. The first-order valence-electron chi connectivity index (χ1n) is 8.03. The van der Waals surface area contributed by atoms with Crippen LogP contribution >= 0.6 is 0 Å². The summed E-state index contributed by atoms with van der Waals surface area (Å²) < 4.78 is 5.35. The van der Waals surface area contributed by atoms with Crippen LogP contribution in [-0.4, -0.2) is 67.7 Å². The largest absolute Gasteiger partial charge is 0.378 e. The first-order valence-corrected chi connectivity index (χ1v) is 8.03. The lowest BCUT2D eigenvalue weighted by Crippen LogP contribution is -2.45. The van der Waals surface area contributed by atoms with Gasteiger partial charge < -0.3 is 15.4 Å². The molecule has 2 N–H and O–H groups in total. The van der Waals surface area contributed by atoms with Gasteiger partial charge in [-0.05, 0) is 38.3 Å². The molecule has 0 aromatic rings. The Kier molecular flexibility index (Phi) is 6.10. The van der Waals surface area contributed by atoms with E-state index in [9.17, 15) is 0 Å². The average molecular weight is 282 g/mol.